The number of rotatable bonds is 4. The molecule has 0 saturated heterocycles. The predicted molar refractivity (Wildman–Crippen MR) is 105 cm³/mol. The van der Waals surface area contributed by atoms with E-state index in [0.717, 1.165) is 34.9 Å². The van der Waals surface area contributed by atoms with E-state index in [1.54, 1.807) is 16.4 Å². The van der Waals surface area contributed by atoms with Gasteiger partial charge in [0.1, 0.15) is 5.76 Å². The molecule has 1 N–H and O–H groups in total. The average Bonchev–Trinajstić information content (AvgIpc) is 2.56. The highest BCUT2D eigenvalue weighted by Gasteiger charge is 2.28. The van der Waals surface area contributed by atoms with Crippen molar-refractivity contribution < 1.29 is 9.90 Å². The van der Waals surface area contributed by atoms with Crippen LogP contribution in [0.25, 0.3) is 5.57 Å². The second-order valence-electron chi connectivity index (χ2n) is 5.35. The molecule has 0 radical (unpaired) electrons. The number of aryl methyl sites for hydroxylation is 1. The zero-order chi connectivity index (χ0) is 17.1. The van der Waals surface area contributed by atoms with E-state index in [0.29, 0.717) is 10.6 Å². The van der Waals surface area contributed by atoms with Crippen molar-refractivity contribution in [3.63, 3.8) is 0 Å². The highest BCUT2D eigenvalue weighted by atomic mass is 79.9. The van der Waals surface area contributed by atoms with E-state index < -0.39 is 0 Å². The molecule has 0 amide bonds. The van der Waals surface area contributed by atoms with Crippen LogP contribution in [0.3, 0.4) is 0 Å². The van der Waals surface area contributed by atoms with Crippen LogP contribution < -0.4 is 4.31 Å². The summed E-state index contributed by atoms with van der Waals surface area (Å²) in [5.41, 5.74) is 3.15. The topological polar surface area (TPSA) is 40.5 Å². The molecule has 3 nitrogen and oxygen atoms in total. The molecular weight excluding hydrogens is 410 g/mol. The molecule has 0 atom stereocenters. The zero-order valence-corrected chi connectivity index (χ0v) is 15.9. The Kier molecular flexibility index (Phi) is 5.54. The minimum Gasteiger partial charge on any atom is -0.510 e. The van der Waals surface area contributed by atoms with Crippen LogP contribution in [0.5, 0.6) is 0 Å². The molecule has 124 valence electrons. The first-order valence-corrected chi connectivity index (χ1v) is 9.68. The normalized spacial score (nSPS) is 15.1. The van der Waals surface area contributed by atoms with Crippen LogP contribution in [0, 0.1) is 0 Å². The Bertz CT molecular complexity index is 775. The quantitative estimate of drug-likeness (QED) is 0.538. The third kappa shape index (κ3) is 3.79. The lowest BCUT2D eigenvalue weighted by Gasteiger charge is -2.27. The van der Waals surface area contributed by atoms with Gasteiger partial charge in [-0.2, -0.15) is 0 Å². The molecule has 0 spiro atoms. The number of nitrogens with zero attached hydrogens (tertiary/aromatic N) is 1. The fourth-order valence-electron chi connectivity index (χ4n) is 2.49. The van der Waals surface area contributed by atoms with Crippen LogP contribution in [0.15, 0.2) is 54.3 Å². The van der Waals surface area contributed by atoms with Crippen molar-refractivity contribution in [1.82, 2.24) is 0 Å². The Morgan fingerprint density at radius 2 is 1.79 bits per heavy atom. The van der Waals surface area contributed by atoms with Crippen molar-refractivity contribution in [2.75, 3.05) is 16.2 Å². The maximum atomic E-state index is 12.5. The smallest absolute Gasteiger partial charge is 0.243 e. The molecule has 3 rings (SSSR count). The molecule has 0 saturated carbocycles. The van der Waals surface area contributed by atoms with Gasteiger partial charge >= 0.3 is 0 Å². The van der Waals surface area contributed by atoms with Crippen molar-refractivity contribution >= 4 is 55.9 Å². The van der Waals surface area contributed by atoms with E-state index in [2.05, 4.69) is 15.9 Å². The summed E-state index contributed by atoms with van der Waals surface area (Å²) in [5, 5.41) is 11.8. The molecule has 2 aromatic rings. The minimum absolute atomic E-state index is 0.0851. The van der Waals surface area contributed by atoms with Gasteiger partial charge < -0.3 is 9.41 Å². The number of hydrogen-bond donors (Lipinski definition) is 1. The van der Waals surface area contributed by atoms with E-state index in [1.165, 1.54) is 5.56 Å². The lowest BCUT2D eigenvalue weighted by atomic mass is 10.0. The van der Waals surface area contributed by atoms with E-state index in [4.69, 9.17) is 11.6 Å². The molecule has 1 heterocycles. The van der Waals surface area contributed by atoms with Crippen LogP contribution in [0.4, 0.5) is 5.69 Å². The molecule has 0 aliphatic carbocycles. The van der Waals surface area contributed by atoms with Crippen LogP contribution in [0.1, 0.15) is 11.1 Å². The number of halogens is 2. The Balaban J connectivity index is 1.85. The molecule has 1 aliphatic heterocycles. The number of alkyl halides is 1. The van der Waals surface area contributed by atoms with Gasteiger partial charge in [-0.15, -0.1) is 0 Å². The number of anilines is 1. The Morgan fingerprint density at radius 1 is 1.12 bits per heavy atom. The summed E-state index contributed by atoms with van der Waals surface area (Å²) in [6, 6.07) is 14.9. The zero-order valence-electron chi connectivity index (χ0n) is 12.7. The summed E-state index contributed by atoms with van der Waals surface area (Å²) >= 11 is 10.4. The van der Waals surface area contributed by atoms with Gasteiger partial charge in [-0.05, 0) is 41.8 Å². The number of benzene rings is 2. The molecular formula is C18H15BrClNO2S. The van der Waals surface area contributed by atoms with Crippen LogP contribution in [-0.4, -0.2) is 22.1 Å². The Labute approximate surface area is 158 Å². The number of aliphatic hydroxyl groups is 1. The molecule has 0 unspecified atom stereocenters. The van der Waals surface area contributed by atoms with Gasteiger partial charge in [0.25, 0.3) is 0 Å². The van der Waals surface area contributed by atoms with E-state index in [-0.39, 0.29) is 17.4 Å². The van der Waals surface area contributed by atoms with E-state index in [1.807, 2.05) is 36.4 Å². The molecule has 0 fully saturated rings. The second-order valence-corrected chi connectivity index (χ2v) is 7.57. The third-order valence-corrected chi connectivity index (χ3v) is 5.30. The molecule has 24 heavy (non-hydrogen) atoms. The van der Waals surface area contributed by atoms with Crippen LogP contribution in [0.2, 0.25) is 5.02 Å². The SMILES string of the molecule is O=C1SN(c2ccc(Cl)cc2)CC(O)=C1c1ccc(CCBr)cc1. The second kappa shape index (κ2) is 7.64. The Hall–Kier alpha value is -1.43. The van der Waals surface area contributed by atoms with Crippen LogP contribution in [-0.2, 0) is 11.2 Å². The fourth-order valence-corrected chi connectivity index (χ4v) is 4.02. The summed E-state index contributed by atoms with van der Waals surface area (Å²) in [5.74, 6) is 0.0851. The first kappa shape index (κ1) is 17.4. The number of carbonyl (C=O) groups is 1. The lowest BCUT2D eigenvalue weighted by molar-refractivity contribution is -0.106. The van der Waals surface area contributed by atoms with Gasteiger partial charge in [-0.3, -0.25) is 4.79 Å². The predicted octanol–water partition coefficient (Wildman–Crippen LogP) is 5.24. The maximum absolute atomic E-state index is 12.5. The summed E-state index contributed by atoms with van der Waals surface area (Å²) in [4.78, 5) is 12.5. The van der Waals surface area contributed by atoms with Gasteiger partial charge in [0, 0.05) is 28.0 Å². The molecule has 2 aromatic carbocycles. The van der Waals surface area contributed by atoms with Gasteiger partial charge in [0.05, 0.1) is 12.1 Å². The van der Waals surface area contributed by atoms with Crippen molar-refractivity contribution in [2.24, 2.45) is 0 Å². The van der Waals surface area contributed by atoms with E-state index in [9.17, 15) is 9.90 Å². The van der Waals surface area contributed by atoms with Crippen LogP contribution >= 0.6 is 39.5 Å². The van der Waals surface area contributed by atoms with Crippen molar-refractivity contribution in [3.8, 4) is 0 Å². The molecule has 1 aliphatic rings. The monoisotopic (exact) mass is 423 g/mol. The lowest BCUT2D eigenvalue weighted by Crippen LogP contribution is -2.26. The van der Waals surface area contributed by atoms with Gasteiger partial charge in [-0.1, -0.05) is 51.8 Å². The molecule has 0 bridgehead atoms. The van der Waals surface area contributed by atoms with Gasteiger partial charge in [0.2, 0.25) is 5.12 Å². The summed E-state index contributed by atoms with van der Waals surface area (Å²) in [6.07, 6.45) is 0.929. The third-order valence-electron chi connectivity index (χ3n) is 3.72. The van der Waals surface area contributed by atoms with Gasteiger partial charge in [0.15, 0.2) is 0 Å². The first-order valence-electron chi connectivity index (χ1n) is 7.41. The highest BCUT2D eigenvalue weighted by molar-refractivity contribution is 9.09. The number of carbonyl (C=O) groups excluding carboxylic acids is 1. The number of aliphatic hydroxyl groups excluding tert-OH is 1. The minimum atomic E-state index is -0.165. The summed E-state index contributed by atoms with van der Waals surface area (Å²) < 4.78 is 1.76. The number of hydrogen-bond acceptors (Lipinski definition) is 4. The van der Waals surface area contributed by atoms with Gasteiger partial charge in [-0.25, -0.2) is 0 Å². The highest BCUT2D eigenvalue weighted by Crippen LogP contribution is 2.35. The molecule has 0 aromatic heterocycles. The summed E-state index contributed by atoms with van der Waals surface area (Å²) in [7, 11) is 0. The fraction of sp³-hybridized carbons (Fsp3) is 0.167. The largest absolute Gasteiger partial charge is 0.510 e. The summed E-state index contributed by atoms with van der Waals surface area (Å²) in [6.45, 7) is 0.274. The maximum Gasteiger partial charge on any atom is 0.243 e. The standard InChI is InChI=1S/C18H15BrClNO2S/c19-10-9-12-1-3-13(4-2-12)17-16(22)11-21(24-18(17)23)15-7-5-14(20)6-8-15/h1-8,22H,9-11H2. The van der Waals surface area contributed by atoms with Crippen molar-refractivity contribution in [2.45, 2.75) is 6.42 Å². The first-order chi connectivity index (χ1) is 11.6. The van der Waals surface area contributed by atoms with E-state index >= 15 is 0 Å². The van der Waals surface area contributed by atoms with Crippen molar-refractivity contribution in [1.29, 1.82) is 0 Å². The Morgan fingerprint density at radius 3 is 2.38 bits per heavy atom. The molecule has 6 heteroatoms. The van der Waals surface area contributed by atoms with Crippen molar-refractivity contribution in [3.05, 3.63) is 70.4 Å². The average molecular weight is 425 g/mol.